The monoisotopic (exact) mass is 378 g/mol. The fourth-order valence-corrected chi connectivity index (χ4v) is 2.98. The molecule has 28 heavy (non-hydrogen) atoms. The largest absolute Gasteiger partial charge is 0.436 e. The topological polar surface area (TPSA) is 35.8 Å². The van der Waals surface area contributed by atoms with Crippen LogP contribution in [0.3, 0.4) is 0 Å². The number of oxazole rings is 1. The first-order valence-electron chi connectivity index (χ1n) is 9.58. The SMILES string of the molecule is CN(C)CCN(C)Cc1ccc(-c2ncc(-c3ccc(N(C)C)cc3)o2)cc1. The first-order chi connectivity index (χ1) is 13.4. The van der Waals surface area contributed by atoms with Crippen LogP contribution in [0, 0.1) is 0 Å². The number of aromatic nitrogens is 1. The molecule has 0 spiro atoms. The Kier molecular flexibility index (Phi) is 6.49. The number of likely N-dealkylation sites (N-methyl/N-ethyl adjacent to an activating group) is 2. The van der Waals surface area contributed by atoms with Gasteiger partial charge in [0.2, 0.25) is 5.89 Å². The van der Waals surface area contributed by atoms with Crippen LogP contribution in [0.15, 0.2) is 59.1 Å². The van der Waals surface area contributed by atoms with Crippen LogP contribution in [0.1, 0.15) is 5.56 Å². The van der Waals surface area contributed by atoms with E-state index in [4.69, 9.17) is 4.42 Å². The zero-order valence-electron chi connectivity index (χ0n) is 17.5. The summed E-state index contributed by atoms with van der Waals surface area (Å²) in [6.07, 6.45) is 1.79. The molecule has 0 fully saturated rings. The van der Waals surface area contributed by atoms with Gasteiger partial charge < -0.3 is 19.1 Å². The molecule has 5 heteroatoms. The average molecular weight is 379 g/mol. The summed E-state index contributed by atoms with van der Waals surface area (Å²) in [5.74, 6) is 1.44. The van der Waals surface area contributed by atoms with E-state index in [2.05, 4.69) is 89.4 Å². The molecule has 0 bridgehead atoms. The smallest absolute Gasteiger partial charge is 0.226 e. The summed E-state index contributed by atoms with van der Waals surface area (Å²) in [4.78, 5) is 11.1. The summed E-state index contributed by atoms with van der Waals surface area (Å²) < 4.78 is 6.00. The summed E-state index contributed by atoms with van der Waals surface area (Å²) in [5.41, 5.74) is 4.48. The van der Waals surface area contributed by atoms with Crippen molar-refractivity contribution in [2.45, 2.75) is 6.54 Å². The molecular formula is C23H30N4O. The molecule has 0 unspecified atom stereocenters. The van der Waals surface area contributed by atoms with E-state index in [1.807, 2.05) is 14.1 Å². The van der Waals surface area contributed by atoms with Crippen LogP contribution in [0.2, 0.25) is 0 Å². The van der Waals surface area contributed by atoms with E-state index in [1.165, 1.54) is 5.56 Å². The maximum atomic E-state index is 6.00. The summed E-state index contributed by atoms with van der Waals surface area (Å²) in [7, 11) is 10.4. The van der Waals surface area contributed by atoms with Crippen LogP contribution >= 0.6 is 0 Å². The van der Waals surface area contributed by atoms with E-state index in [0.29, 0.717) is 5.89 Å². The van der Waals surface area contributed by atoms with Gasteiger partial charge >= 0.3 is 0 Å². The van der Waals surface area contributed by atoms with Crippen molar-refractivity contribution < 1.29 is 4.42 Å². The highest BCUT2D eigenvalue weighted by Gasteiger charge is 2.09. The van der Waals surface area contributed by atoms with Crippen LogP contribution in [-0.4, -0.2) is 63.1 Å². The van der Waals surface area contributed by atoms with Gasteiger partial charge in [0, 0.05) is 50.5 Å². The van der Waals surface area contributed by atoms with Gasteiger partial charge in [-0.25, -0.2) is 4.98 Å². The van der Waals surface area contributed by atoms with Gasteiger partial charge in [-0.2, -0.15) is 0 Å². The number of nitrogens with zero attached hydrogens (tertiary/aromatic N) is 4. The number of rotatable bonds is 8. The quantitative estimate of drug-likeness (QED) is 0.590. The molecule has 1 aromatic heterocycles. The van der Waals surface area contributed by atoms with Crippen LogP contribution in [0.5, 0.6) is 0 Å². The molecule has 0 aliphatic rings. The molecular weight excluding hydrogens is 348 g/mol. The third-order valence-electron chi connectivity index (χ3n) is 4.76. The van der Waals surface area contributed by atoms with Crippen molar-refractivity contribution >= 4 is 5.69 Å². The predicted octanol–water partition coefficient (Wildman–Crippen LogP) is 4.07. The Morgan fingerprint density at radius 3 is 2.04 bits per heavy atom. The molecule has 0 atom stereocenters. The zero-order chi connectivity index (χ0) is 20.1. The van der Waals surface area contributed by atoms with E-state index in [0.717, 1.165) is 42.2 Å². The van der Waals surface area contributed by atoms with Gasteiger partial charge in [0.1, 0.15) is 0 Å². The van der Waals surface area contributed by atoms with Crippen molar-refractivity contribution in [3.63, 3.8) is 0 Å². The van der Waals surface area contributed by atoms with E-state index >= 15 is 0 Å². The molecule has 0 N–H and O–H groups in total. The highest BCUT2D eigenvalue weighted by Crippen LogP contribution is 2.27. The molecule has 0 aliphatic carbocycles. The first-order valence-corrected chi connectivity index (χ1v) is 9.58. The molecule has 0 radical (unpaired) electrons. The third-order valence-corrected chi connectivity index (χ3v) is 4.76. The highest BCUT2D eigenvalue weighted by atomic mass is 16.4. The van der Waals surface area contributed by atoms with Crippen molar-refractivity contribution in [2.75, 3.05) is 53.2 Å². The lowest BCUT2D eigenvalue weighted by atomic mass is 10.1. The summed E-state index contributed by atoms with van der Waals surface area (Å²) in [6.45, 7) is 3.04. The van der Waals surface area contributed by atoms with Gasteiger partial charge in [0.05, 0.1) is 6.20 Å². The average Bonchev–Trinajstić information content (AvgIpc) is 3.17. The Morgan fingerprint density at radius 1 is 0.786 bits per heavy atom. The van der Waals surface area contributed by atoms with E-state index in [9.17, 15) is 0 Å². The molecule has 3 aromatic rings. The summed E-state index contributed by atoms with van der Waals surface area (Å²) >= 11 is 0. The maximum absolute atomic E-state index is 6.00. The summed E-state index contributed by atoms with van der Waals surface area (Å²) in [5, 5.41) is 0. The number of benzene rings is 2. The van der Waals surface area contributed by atoms with Gasteiger partial charge in [-0.05, 0) is 63.1 Å². The molecule has 0 saturated carbocycles. The van der Waals surface area contributed by atoms with Crippen LogP contribution < -0.4 is 4.90 Å². The predicted molar refractivity (Wildman–Crippen MR) is 117 cm³/mol. The second-order valence-corrected chi connectivity index (χ2v) is 7.71. The van der Waals surface area contributed by atoms with Crippen molar-refractivity contribution in [3.8, 4) is 22.8 Å². The van der Waals surface area contributed by atoms with Crippen LogP contribution in [0.4, 0.5) is 5.69 Å². The zero-order valence-corrected chi connectivity index (χ0v) is 17.5. The Morgan fingerprint density at radius 2 is 1.43 bits per heavy atom. The minimum atomic E-state index is 0.652. The normalized spacial score (nSPS) is 11.4. The maximum Gasteiger partial charge on any atom is 0.226 e. The first kappa shape index (κ1) is 20.1. The Balaban J connectivity index is 1.66. The fourth-order valence-electron chi connectivity index (χ4n) is 2.98. The van der Waals surface area contributed by atoms with Gasteiger partial charge in [-0.3, -0.25) is 0 Å². The van der Waals surface area contributed by atoms with E-state index in [-0.39, 0.29) is 0 Å². The highest BCUT2D eigenvalue weighted by molar-refractivity contribution is 5.63. The number of hydrogen-bond acceptors (Lipinski definition) is 5. The van der Waals surface area contributed by atoms with Gasteiger partial charge in [0.15, 0.2) is 5.76 Å². The van der Waals surface area contributed by atoms with Crippen molar-refractivity contribution in [1.82, 2.24) is 14.8 Å². The lowest BCUT2D eigenvalue weighted by molar-refractivity contribution is 0.276. The molecule has 3 rings (SSSR count). The van der Waals surface area contributed by atoms with E-state index in [1.54, 1.807) is 6.20 Å². The number of anilines is 1. The molecule has 0 amide bonds. The van der Waals surface area contributed by atoms with Gasteiger partial charge in [-0.1, -0.05) is 12.1 Å². The third kappa shape index (κ3) is 5.21. The Hall–Kier alpha value is -2.63. The van der Waals surface area contributed by atoms with Gasteiger partial charge in [0.25, 0.3) is 0 Å². The molecule has 0 saturated heterocycles. The van der Waals surface area contributed by atoms with Crippen molar-refractivity contribution in [1.29, 1.82) is 0 Å². The molecule has 2 aromatic carbocycles. The lowest BCUT2D eigenvalue weighted by Gasteiger charge is -2.19. The van der Waals surface area contributed by atoms with Gasteiger partial charge in [-0.15, -0.1) is 0 Å². The van der Waals surface area contributed by atoms with Crippen LogP contribution in [-0.2, 0) is 6.54 Å². The minimum absolute atomic E-state index is 0.652. The van der Waals surface area contributed by atoms with E-state index < -0.39 is 0 Å². The van der Waals surface area contributed by atoms with Crippen molar-refractivity contribution in [2.24, 2.45) is 0 Å². The lowest BCUT2D eigenvalue weighted by Crippen LogP contribution is -2.28. The molecule has 148 valence electrons. The Labute approximate surface area is 168 Å². The fraction of sp³-hybridized carbons (Fsp3) is 0.348. The second kappa shape index (κ2) is 9.04. The summed E-state index contributed by atoms with van der Waals surface area (Å²) in [6, 6.07) is 16.8. The molecule has 0 aliphatic heterocycles. The standard InChI is InChI=1S/C23H30N4O/c1-25(2)14-15-27(5)17-18-6-8-20(9-7-18)23-24-16-22(28-23)19-10-12-21(13-11-19)26(3)4/h6-13,16H,14-15,17H2,1-5H3. The molecule has 1 heterocycles. The van der Waals surface area contributed by atoms with Crippen molar-refractivity contribution in [3.05, 3.63) is 60.3 Å². The van der Waals surface area contributed by atoms with Crippen LogP contribution in [0.25, 0.3) is 22.8 Å². The minimum Gasteiger partial charge on any atom is -0.436 e. The number of hydrogen-bond donors (Lipinski definition) is 0. The second-order valence-electron chi connectivity index (χ2n) is 7.71. The molecule has 5 nitrogen and oxygen atoms in total. The Bertz CT molecular complexity index is 866.